The first-order chi connectivity index (χ1) is 10.6. The Kier molecular flexibility index (Phi) is 5.42. The van der Waals surface area contributed by atoms with Crippen molar-refractivity contribution >= 4 is 5.91 Å². The summed E-state index contributed by atoms with van der Waals surface area (Å²) in [6.07, 6.45) is 0. The van der Waals surface area contributed by atoms with Crippen molar-refractivity contribution in [3.63, 3.8) is 0 Å². The van der Waals surface area contributed by atoms with Gasteiger partial charge in [-0.25, -0.2) is 0 Å². The zero-order valence-corrected chi connectivity index (χ0v) is 13.1. The number of aryl methyl sites for hydroxylation is 1. The topological polar surface area (TPSA) is 47.6 Å². The number of carbonyl (C=O) groups is 1. The van der Waals surface area contributed by atoms with Crippen LogP contribution in [0.3, 0.4) is 0 Å². The fourth-order valence-electron chi connectivity index (χ4n) is 2.03. The van der Waals surface area contributed by atoms with Gasteiger partial charge in [0, 0.05) is 5.56 Å². The van der Waals surface area contributed by atoms with E-state index in [2.05, 4.69) is 5.32 Å². The largest absolute Gasteiger partial charge is 0.497 e. The van der Waals surface area contributed by atoms with Crippen LogP contribution in [0.1, 0.15) is 22.8 Å². The Balaban J connectivity index is 1.84. The predicted molar refractivity (Wildman–Crippen MR) is 86.6 cm³/mol. The molecule has 2 rings (SSSR count). The van der Waals surface area contributed by atoms with Gasteiger partial charge in [-0.3, -0.25) is 4.79 Å². The number of nitrogens with one attached hydrogen (secondary N) is 1. The summed E-state index contributed by atoms with van der Waals surface area (Å²) in [5.41, 5.74) is 1.73. The molecule has 0 aliphatic heterocycles. The van der Waals surface area contributed by atoms with Crippen molar-refractivity contribution in [2.75, 3.05) is 13.7 Å². The molecule has 0 spiro atoms. The van der Waals surface area contributed by atoms with Gasteiger partial charge in [0.05, 0.1) is 13.2 Å². The fraction of sp³-hybridized carbons (Fsp3) is 0.278. The molecule has 1 atom stereocenters. The number of methoxy groups -OCH3 is 1. The number of amides is 1. The van der Waals surface area contributed by atoms with Gasteiger partial charge in [-0.1, -0.05) is 17.7 Å². The Bertz CT molecular complexity index is 622. The van der Waals surface area contributed by atoms with Crippen LogP contribution in [0.15, 0.2) is 48.5 Å². The normalized spacial score (nSPS) is 11.6. The van der Waals surface area contributed by atoms with E-state index in [4.69, 9.17) is 9.47 Å². The van der Waals surface area contributed by atoms with Crippen molar-refractivity contribution < 1.29 is 14.3 Å². The maximum Gasteiger partial charge on any atom is 0.251 e. The lowest BCUT2D eigenvalue weighted by molar-refractivity contribution is 0.0926. The molecule has 4 nitrogen and oxygen atoms in total. The van der Waals surface area contributed by atoms with Crippen molar-refractivity contribution in [2.24, 2.45) is 0 Å². The number of benzene rings is 2. The third-order valence-electron chi connectivity index (χ3n) is 3.22. The van der Waals surface area contributed by atoms with E-state index in [1.807, 2.05) is 56.3 Å². The molecule has 0 aliphatic rings. The molecule has 0 heterocycles. The third-order valence-corrected chi connectivity index (χ3v) is 3.22. The first kappa shape index (κ1) is 15.9. The highest BCUT2D eigenvalue weighted by Gasteiger charge is 2.10. The van der Waals surface area contributed by atoms with E-state index < -0.39 is 0 Å². The van der Waals surface area contributed by atoms with E-state index in [0.29, 0.717) is 12.2 Å². The minimum Gasteiger partial charge on any atom is -0.497 e. The highest BCUT2D eigenvalue weighted by molar-refractivity contribution is 5.94. The number of carbonyl (C=O) groups excluding carboxylic acids is 1. The highest BCUT2D eigenvalue weighted by atomic mass is 16.5. The van der Waals surface area contributed by atoms with Gasteiger partial charge in [0.15, 0.2) is 0 Å². The lowest BCUT2D eigenvalue weighted by Crippen LogP contribution is -2.36. The lowest BCUT2D eigenvalue weighted by Gasteiger charge is -2.15. The van der Waals surface area contributed by atoms with E-state index in [0.717, 1.165) is 17.1 Å². The van der Waals surface area contributed by atoms with Crippen LogP contribution in [0.4, 0.5) is 0 Å². The van der Waals surface area contributed by atoms with Crippen LogP contribution in [-0.2, 0) is 0 Å². The maximum atomic E-state index is 12.1. The monoisotopic (exact) mass is 299 g/mol. The molecule has 0 saturated carbocycles. The summed E-state index contributed by atoms with van der Waals surface area (Å²) in [4.78, 5) is 12.1. The smallest absolute Gasteiger partial charge is 0.251 e. The average molecular weight is 299 g/mol. The van der Waals surface area contributed by atoms with Crippen LogP contribution in [0.25, 0.3) is 0 Å². The van der Waals surface area contributed by atoms with Crippen LogP contribution in [0, 0.1) is 6.92 Å². The Morgan fingerprint density at radius 1 is 1.14 bits per heavy atom. The second-order valence-electron chi connectivity index (χ2n) is 5.23. The molecule has 1 N–H and O–H groups in total. The Labute approximate surface area is 131 Å². The SMILES string of the molecule is COc1ccc(OC[C@H](C)NC(=O)c2cccc(C)c2)cc1. The maximum absolute atomic E-state index is 12.1. The quantitative estimate of drug-likeness (QED) is 0.891. The van der Waals surface area contributed by atoms with Gasteiger partial charge in [0.25, 0.3) is 5.91 Å². The molecular formula is C18H21NO3. The first-order valence-corrected chi connectivity index (χ1v) is 7.23. The van der Waals surface area contributed by atoms with Gasteiger partial charge in [-0.2, -0.15) is 0 Å². The van der Waals surface area contributed by atoms with Crippen LogP contribution in [0.2, 0.25) is 0 Å². The number of ether oxygens (including phenoxy) is 2. The molecule has 0 radical (unpaired) electrons. The highest BCUT2D eigenvalue weighted by Crippen LogP contribution is 2.17. The summed E-state index contributed by atoms with van der Waals surface area (Å²) >= 11 is 0. The second-order valence-corrected chi connectivity index (χ2v) is 5.23. The molecule has 0 fully saturated rings. The average Bonchev–Trinajstić information content (AvgIpc) is 2.53. The minimum atomic E-state index is -0.0884. The van der Waals surface area contributed by atoms with E-state index in [1.165, 1.54) is 0 Å². The standard InChI is InChI=1S/C18H21NO3/c1-13-5-4-6-15(11-13)18(20)19-14(2)12-22-17-9-7-16(21-3)8-10-17/h4-11,14H,12H2,1-3H3,(H,19,20)/t14-/m0/s1. The van der Waals surface area contributed by atoms with Crippen molar-refractivity contribution in [3.8, 4) is 11.5 Å². The van der Waals surface area contributed by atoms with Gasteiger partial charge in [0.1, 0.15) is 18.1 Å². The molecule has 0 bridgehead atoms. The van der Waals surface area contributed by atoms with Gasteiger partial charge in [-0.15, -0.1) is 0 Å². The molecule has 4 heteroatoms. The zero-order valence-electron chi connectivity index (χ0n) is 13.1. The predicted octanol–water partition coefficient (Wildman–Crippen LogP) is 3.20. The van der Waals surface area contributed by atoms with Crippen molar-refractivity contribution in [3.05, 3.63) is 59.7 Å². The molecular weight excluding hydrogens is 278 g/mol. The molecule has 0 saturated heterocycles. The van der Waals surface area contributed by atoms with Crippen LogP contribution in [-0.4, -0.2) is 25.7 Å². The molecule has 0 aliphatic carbocycles. The molecule has 0 aromatic heterocycles. The van der Waals surface area contributed by atoms with Gasteiger partial charge >= 0.3 is 0 Å². The Hall–Kier alpha value is -2.49. The van der Waals surface area contributed by atoms with E-state index in [1.54, 1.807) is 13.2 Å². The molecule has 2 aromatic carbocycles. The lowest BCUT2D eigenvalue weighted by atomic mass is 10.1. The van der Waals surface area contributed by atoms with Crippen LogP contribution >= 0.6 is 0 Å². The molecule has 116 valence electrons. The van der Waals surface area contributed by atoms with E-state index in [9.17, 15) is 4.79 Å². The summed E-state index contributed by atoms with van der Waals surface area (Å²) in [7, 11) is 1.62. The van der Waals surface area contributed by atoms with Crippen molar-refractivity contribution in [2.45, 2.75) is 19.9 Å². The zero-order chi connectivity index (χ0) is 15.9. The molecule has 1 amide bonds. The molecule has 0 unspecified atom stereocenters. The van der Waals surface area contributed by atoms with Gasteiger partial charge in [0.2, 0.25) is 0 Å². The summed E-state index contributed by atoms with van der Waals surface area (Å²) in [5, 5.41) is 2.93. The summed E-state index contributed by atoms with van der Waals surface area (Å²) in [5.74, 6) is 1.44. The van der Waals surface area contributed by atoms with E-state index >= 15 is 0 Å². The molecule has 2 aromatic rings. The Morgan fingerprint density at radius 3 is 2.45 bits per heavy atom. The summed E-state index contributed by atoms with van der Waals surface area (Å²) in [6.45, 7) is 4.29. The fourth-order valence-corrected chi connectivity index (χ4v) is 2.03. The van der Waals surface area contributed by atoms with Crippen LogP contribution < -0.4 is 14.8 Å². The van der Waals surface area contributed by atoms with E-state index in [-0.39, 0.29) is 11.9 Å². The number of hydrogen-bond acceptors (Lipinski definition) is 3. The molecule has 22 heavy (non-hydrogen) atoms. The third kappa shape index (κ3) is 4.52. The Morgan fingerprint density at radius 2 is 1.82 bits per heavy atom. The minimum absolute atomic E-state index is 0.0879. The first-order valence-electron chi connectivity index (χ1n) is 7.23. The number of rotatable bonds is 6. The van der Waals surface area contributed by atoms with Gasteiger partial charge < -0.3 is 14.8 Å². The summed E-state index contributed by atoms with van der Waals surface area (Å²) < 4.78 is 10.8. The van der Waals surface area contributed by atoms with Crippen molar-refractivity contribution in [1.82, 2.24) is 5.32 Å². The van der Waals surface area contributed by atoms with Crippen LogP contribution in [0.5, 0.6) is 11.5 Å². The second kappa shape index (κ2) is 7.50. The number of hydrogen-bond donors (Lipinski definition) is 1. The summed E-state index contributed by atoms with van der Waals surface area (Å²) in [6, 6.07) is 14.8. The van der Waals surface area contributed by atoms with Crippen molar-refractivity contribution in [1.29, 1.82) is 0 Å². The van der Waals surface area contributed by atoms with Gasteiger partial charge in [-0.05, 0) is 50.2 Å².